The predicted octanol–water partition coefficient (Wildman–Crippen LogP) is 2.68. The van der Waals surface area contributed by atoms with Gasteiger partial charge in [-0.2, -0.15) is 13.2 Å². The van der Waals surface area contributed by atoms with Gasteiger partial charge in [0, 0.05) is 18.3 Å². The van der Waals surface area contributed by atoms with E-state index in [0.717, 1.165) is 23.1 Å². The highest BCUT2D eigenvalue weighted by molar-refractivity contribution is 5.93. The predicted molar refractivity (Wildman–Crippen MR) is 64.0 cm³/mol. The maximum Gasteiger partial charge on any atom is 0.405 e. The zero-order chi connectivity index (χ0) is 15.5. The van der Waals surface area contributed by atoms with Crippen molar-refractivity contribution >= 4 is 17.3 Å². The van der Waals surface area contributed by atoms with E-state index in [0.29, 0.717) is 0 Å². The molecule has 20 heavy (non-hydrogen) atoms. The Morgan fingerprint density at radius 3 is 2.45 bits per heavy atom. The molecule has 9 heteroatoms. The van der Waals surface area contributed by atoms with E-state index >= 15 is 0 Å². The minimum atomic E-state index is -4.46. The summed E-state index contributed by atoms with van der Waals surface area (Å²) in [5, 5.41) is 19.6. The lowest BCUT2D eigenvalue weighted by molar-refractivity contribution is -0.385. The number of alkyl halides is 3. The number of benzene rings is 1. The number of hydrogen-bond acceptors (Lipinski definition) is 4. The van der Waals surface area contributed by atoms with Crippen LogP contribution in [-0.4, -0.2) is 35.3 Å². The van der Waals surface area contributed by atoms with E-state index in [1.807, 2.05) is 0 Å². The van der Waals surface area contributed by atoms with Gasteiger partial charge in [0.25, 0.3) is 5.69 Å². The lowest BCUT2D eigenvalue weighted by Gasteiger charge is -2.24. The molecule has 110 valence electrons. The van der Waals surface area contributed by atoms with Gasteiger partial charge in [-0.1, -0.05) is 0 Å². The molecular weight excluding hydrogens is 281 g/mol. The van der Waals surface area contributed by atoms with E-state index < -0.39 is 34.9 Å². The van der Waals surface area contributed by atoms with Crippen molar-refractivity contribution in [1.82, 2.24) is 0 Å². The second kappa shape index (κ2) is 5.76. The molecule has 0 unspecified atom stereocenters. The molecule has 1 aromatic carbocycles. The van der Waals surface area contributed by atoms with Crippen molar-refractivity contribution in [3.63, 3.8) is 0 Å². The molecule has 0 saturated carbocycles. The summed E-state index contributed by atoms with van der Waals surface area (Å²) in [6.45, 7) is 0.166. The van der Waals surface area contributed by atoms with Gasteiger partial charge in [-0.3, -0.25) is 10.1 Å². The third-order valence-electron chi connectivity index (χ3n) is 2.53. The first kappa shape index (κ1) is 15.7. The Morgan fingerprint density at radius 2 is 2.05 bits per heavy atom. The molecule has 0 spiro atoms. The highest BCUT2D eigenvalue weighted by Crippen LogP contribution is 2.28. The Morgan fingerprint density at radius 1 is 1.45 bits per heavy atom. The van der Waals surface area contributed by atoms with Gasteiger partial charge in [0.1, 0.15) is 12.1 Å². The number of carboxylic acid groups (broad SMARTS) is 1. The molecule has 1 N–H and O–H groups in total. The van der Waals surface area contributed by atoms with Gasteiger partial charge in [0.05, 0.1) is 4.92 Å². The number of anilines is 1. The van der Waals surface area contributed by atoms with Crippen molar-refractivity contribution in [3.8, 4) is 0 Å². The smallest absolute Gasteiger partial charge is 0.405 e. The summed E-state index contributed by atoms with van der Waals surface area (Å²) in [6, 6.07) is 2.87. The fraction of sp³-hybridized carbons (Fsp3) is 0.364. The standard InChI is InChI=1S/C11H11F3N2O4/c1-2-15(6-11(12,13)14)7-3-4-8(10(17)18)9(5-7)16(19)20/h3-5H,2,6H2,1H3,(H,17,18). The van der Waals surface area contributed by atoms with Crippen LogP contribution < -0.4 is 4.90 Å². The van der Waals surface area contributed by atoms with Crippen LogP contribution in [-0.2, 0) is 0 Å². The fourth-order valence-electron chi connectivity index (χ4n) is 1.65. The molecule has 0 aliphatic carbocycles. The first-order valence-electron chi connectivity index (χ1n) is 5.49. The monoisotopic (exact) mass is 292 g/mol. The van der Waals surface area contributed by atoms with Crippen LogP contribution in [0.1, 0.15) is 17.3 Å². The fourth-order valence-corrected chi connectivity index (χ4v) is 1.65. The largest absolute Gasteiger partial charge is 0.477 e. The first-order valence-corrected chi connectivity index (χ1v) is 5.49. The summed E-state index contributed by atoms with van der Waals surface area (Å²) in [5.41, 5.74) is -1.36. The topological polar surface area (TPSA) is 83.7 Å². The van der Waals surface area contributed by atoms with Crippen LogP contribution >= 0.6 is 0 Å². The average molecular weight is 292 g/mol. The van der Waals surface area contributed by atoms with Crippen molar-refractivity contribution in [2.24, 2.45) is 0 Å². The van der Waals surface area contributed by atoms with E-state index in [1.165, 1.54) is 6.92 Å². The van der Waals surface area contributed by atoms with Gasteiger partial charge in [0.2, 0.25) is 0 Å². The summed E-state index contributed by atoms with van der Waals surface area (Å²) in [6.07, 6.45) is -4.46. The first-order chi connectivity index (χ1) is 9.15. The Hall–Kier alpha value is -2.32. The molecule has 0 aromatic heterocycles. The van der Waals surface area contributed by atoms with Crippen LogP contribution in [0.25, 0.3) is 0 Å². The minimum Gasteiger partial charge on any atom is -0.477 e. The third kappa shape index (κ3) is 3.84. The van der Waals surface area contributed by atoms with Crippen LogP contribution in [0.2, 0.25) is 0 Å². The normalized spacial score (nSPS) is 11.2. The second-order valence-electron chi connectivity index (χ2n) is 3.89. The van der Waals surface area contributed by atoms with Gasteiger partial charge < -0.3 is 10.0 Å². The lowest BCUT2D eigenvalue weighted by Crippen LogP contribution is -2.34. The summed E-state index contributed by atoms with van der Waals surface area (Å²) in [4.78, 5) is 21.5. The molecule has 1 rings (SSSR count). The van der Waals surface area contributed by atoms with Gasteiger partial charge in [0.15, 0.2) is 0 Å². The van der Waals surface area contributed by atoms with Crippen LogP contribution in [0.15, 0.2) is 18.2 Å². The SMILES string of the molecule is CCN(CC(F)(F)F)c1ccc(C(=O)O)c([N+](=O)[O-])c1. The Balaban J connectivity index is 3.22. The highest BCUT2D eigenvalue weighted by Gasteiger charge is 2.31. The molecule has 0 saturated heterocycles. The molecule has 0 fully saturated rings. The van der Waals surface area contributed by atoms with Crippen molar-refractivity contribution in [2.45, 2.75) is 13.1 Å². The Bertz CT molecular complexity index is 531. The zero-order valence-electron chi connectivity index (χ0n) is 10.3. The van der Waals surface area contributed by atoms with Crippen LogP contribution in [0.4, 0.5) is 24.5 Å². The number of carbonyl (C=O) groups is 1. The van der Waals surface area contributed by atoms with E-state index in [-0.39, 0.29) is 12.2 Å². The zero-order valence-corrected chi connectivity index (χ0v) is 10.3. The number of nitro groups is 1. The number of carboxylic acids is 1. The number of hydrogen-bond donors (Lipinski definition) is 1. The van der Waals surface area contributed by atoms with E-state index in [2.05, 4.69) is 0 Å². The van der Waals surface area contributed by atoms with Gasteiger partial charge >= 0.3 is 12.1 Å². The summed E-state index contributed by atoms with van der Waals surface area (Å²) >= 11 is 0. The second-order valence-corrected chi connectivity index (χ2v) is 3.89. The molecule has 0 radical (unpaired) electrons. The van der Waals surface area contributed by atoms with Crippen LogP contribution in [0.3, 0.4) is 0 Å². The van der Waals surface area contributed by atoms with Crippen LogP contribution in [0.5, 0.6) is 0 Å². The van der Waals surface area contributed by atoms with Crippen molar-refractivity contribution in [3.05, 3.63) is 33.9 Å². The maximum atomic E-state index is 12.4. The summed E-state index contributed by atoms with van der Waals surface area (Å²) in [5.74, 6) is -1.51. The summed E-state index contributed by atoms with van der Waals surface area (Å²) in [7, 11) is 0. The van der Waals surface area contributed by atoms with Gasteiger partial charge in [-0.05, 0) is 19.1 Å². The lowest BCUT2D eigenvalue weighted by atomic mass is 10.1. The number of nitro benzene ring substituents is 1. The highest BCUT2D eigenvalue weighted by atomic mass is 19.4. The molecule has 0 bridgehead atoms. The molecule has 0 amide bonds. The molecular formula is C11H11F3N2O4. The molecule has 0 atom stereocenters. The van der Waals surface area contributed by atoms with E-state index in [4.69, 9.17) is 5.11 Å². The Labute approximate surface area is 111 Å². The number of nitrogens with zero attached hydrogens (tertiary/aromatic N) is 2. The van der Waals surface area contributed by atoms with Crippen LogP contribution in [0, 0.1) is 10.1 Å². The number of halogens is 3. The summed E-state index contributed by atoms with van der Waals surface area (Å²) < 4.78 is 37.1. The maximum absolute atomic E-state index is 12.4. The molecule has 0 aliphatic heterocycles. The minimum absolute atomic E-state index is 0.0247. The molecule has 0 aliphatic rings. The number of aromatic carboxylic acids is 1. The van der Waals surface area contributed by atoms with Crippen molar-refractivity contribution in [1.29, 1.82) is 0 Å². The Kier molecular flexibility index (Phi) is 4.53. The van der Waals surface area contributed by atoms with E-state index in [1.54, 1.807) is 0 Å². The van der Waals surface area contributed by atoms with Crippen molar-refractivity contribution < 1.29 is 28.0 Å². The third-order valence-corrected chi connectivity index (χ3v) is 2.53. The van der Waals surface area contributed by atoms with Gasteiger partial charge in [-0.15, -0.1) is 0 Å². The quantitative estimate of drug-likeness (QED) is 0.666. The molecule has 6 nitrogen and oxygen atoms in total. The van der Waals surface area contributed by atoms with E-state index in [9.17, 15) is 28.1 Å². The van der Waals surface area contributed by atoms with Gasteiger partial charge in [-0.25, -0.2) is 4.79 Å². The molecule has 0 heterocycles. The average Bonchev–Trinajstić information content (AvgIpc) is 2.33. The number of rotatable bonds is 5. The molecule has 1 aromatic rings. The van der Waals surface area contributed by atoms with Crippen molar-refractivity contribution in [2.75, 3.05) is 18.0 Å².